The van der Waals surface area contributed by atoms with Crippen LogP contribution in [0.2, 0.25) is 0 Å². The molecule has 0 atom stereocenters. The highest BCUT2D eigenvalue weighted by atomic mass is 16.5. The maximum atomic E-state index is 12.5. The Morgan fingerprint density at radius 1 is 1.03 bits per heavy atom. The van der Waals surface area contributed by atoms with E-state index in [9.17, 15) is 4.79 Å². The molecule has 0 N–H and O–H groups in total. The van der Waals surface area contributed by atoms with Gasteiger partial charge < -0.3 is 14.0 Å². The second kappa shape index (κ2) is 8.14. The predicted octanol–water partition coefficient (Wildman–Crippen LogP) is 4.57. The topological polar surface area (TPSA) is 77.0 Å². The molecule has 2 aromatic carbocycles. The van der Waals surface area contributed by atoms with E-state index < -0.39 is 0 Å². The first kappa shape index (κ1) is 20.1. The summed E-state index contributed by atoms with van der Waals surface area (Å²) in [5, 5.41) is 4.27. The minimum Gasteiger partial charge on any atom is -0.343 e. The zero-order valence-electron chi connectivity index (χ0n) is 18.6. The van der Waals surface area contributed by atoms with Crippen molar-refractivity contribution in [2.45, 2.75) is 50.5 Å². The minimum atomic E-state index is -0.140. The van der Waals surface area contributed by atoms with Crippen LogP contribution in [0, 0.1) is 0 Å². The molecule has 2 fully saturated rings. The second-order valence-corrected chi connectivity index (χ2v) is 9.20. The van der Waals surface area contributed by atoms with E-state index in [-0.39, 0.29) is 11.3 Å². The van der Waals surface area contributed by atoms with Gasteiger partial charge in [-0.3, -0.25) is 4.79 Å². The van der Waals surface area contributed by atoms with Crippen molar-refractivity contribution in [2.75, 3.05) is 13.1 Å². The Morgan fingerprint density at radius 2 is 1.85 bits per heavy atom. The molecule has 1 saturated heterocycles. The van der Waals surface area contributed by atoms with Crippen molar-refractivity contribution in [3.8, 4) is 11.4 Å². The first-order valence-electron chi connectivity index (χ1n) is 11.9. The third-order valence-electron chi connectivity index (χ3n) is 7.07. The zero-order chi connectivity index (χ0) is 22.3. The van der Waals surface area contributed by atoms with Crippen molar-refractivity contribution in [3.63, 3.8) is 0 Å². The van der Waals surface area contributed by atoms with E-state index in [4.69, 9.17) is 9.51 Å². The van der Waals surface area contributed by atoms with Gasteiger partial charge in [0, 0.05) is 31.6 Å². The SMILES string of the molecule is O=C(CCn1cnc2cc(-c3noc(C4(c5ccccc5)CC4)n3)ccc21)N1CCCCC1. The number of benzene rings is 2. The van der Waals surface area contributed by atoms with Gasteiger partial charge in [0.05, 0.1) is 22.8 Å². The molecule has 2 aliphatic rings. The lowest BCUT2D eigenvalue weighted by Crippen LogP contribution is -2.35. The van der Waals surface area contributed by atoms with E-state index in [1.165, 1.54) is 12.0 Å². The molecule has 168 valence electrons. The normalized spacial score (nSPS) is 17.4. The highest BCUT2D eigenvalue weighted by Gasteiger charge is 2.50. The number of nitrogens with zero attached hydrogens (tertiary/aromatic N) is 5. The second-order valence-electron chi connectivity index (χ2n) is 9.20. The Bertz CT molecular complexity index is 1280. The van der Waals surface area contributed by atoms with Gasteiger partial charge in [0.1, 0.15) is 0 Å². The van der Waals surface area contributed by atoms with Crippen LogP contribution in [-0.2, 0) is 16.8 Å². The van der Waals surface area contributed by atoms with Gasteiger partial charge in [-0.1, -0.05) is 35.5 Å². The molecule has 7 heteroatoms. The molecule has 33 heavy (non-hydrogen) atoms. The Kier molecular flexibility index (Phi) is 4.97. The van der Waals surface area contributed by atoms with Gasteiger partial charge in [0.15, 0.2) is 0 Å². The number of hydrogen-bond acceptors (Lipinski definition) is 5. The van der Waals surface area contributed by atoms with Gasteiger partial charge in [-0.25, -0.2) is 4.98 Å². The van der Waals surface area contributed by atoms with E-state index in [0.717, 1.165) is 55.4 Å². The van der Waals surface area contributed by atoms with Gasteiger partial charge in [-0.2, -0.15) is 4.98 Å². The maximum Gasteiger partial charge on any atom is 0.237 e. The fourth-order valence-electron chi connectivity index (χ4n) is 4.94. The summed E-state index contributed by atoms with van der Waals surface area (Å²) in [4.78, 5) is 23.8. The molecule has 2 aromatic heterocycles. The van der Waals surface area contributed by atoms with Crippen molar-refractivity contribution in [2.24, 2.45) is 0 Å². The van der Waals surface area contributed by atoms with Gasteiger partial charge in [-0.05, 0) is 55.9 Å². The van der Waals surface area contributed by atoms with Crippen molar-refractivity contribution >= 4 is 16.9 Å². The molecule has 1 aliphatic heterocycles. The molecule has 0 unspecified atom stereocenters. The van der Waals surface area contributed by atoms with Crippen molar-refractivity contribution < 1.29 is 9.32 Å². The molecule has 3 heterocycles. The summed E-state index contributed by atoms with van der Waals surface area (Å²) < 4.78 is 7.76. The van der Waals surface area contributed by atoms with E-state index in [1.54, 1.807) is 0 Å². The molecular weight excluding hydrogens is 414 g/mol. The van der Waals surface area contributed by atoms with Crippen LogP contribution in [0.5, 0.6) is 0 Å². The first-order chi connectivity index (χ1) is 16.2. The molecule has 0 bridgehead atoms. The number of carbonyl (C=O) groups is 1. The summed E-state index contributed by atoms with van der Waals surface area (Å²) in [6.07, 6.45) is 7.83. The molecule has 1 saturated carbocycles. The van der Waals surface area contributed by atoms with Crippen LogP contribution < -0.4 is 0 Å². The number of aryl methyl sites for hydroxylation is 1. The van der Waals surface area contributed by atoms with Gasteiger partial charge in [0.2, 0.25) is 17.6 Å². The number of piperidine rings is 1. The summed E-state index contributed by atoms with van der Waals surface area (Å²) in [6.45, 7) is 2.42. The monoisotopic (exact) mass is 441 g/mol. The van der Waals surface area contributed by atoms with Gasteiger partial charge >= 0.3 is 0 Å². The molecule has 0 spiro atoms. The van der Waals surface area contributed by atoms with Crippen LogP contribution in [0.25, 0.3) is 22.4 Å². The largest absolute Gasteiger partial charge is 0.343 e. The number of aromatic nitrogens is 4. The highest BCUT2D eigenvalue weighted by molar-refractivity contribution is 5.81. The number of hydrogen-bond donors (Lipinski definition) is 0. The van der Waals surface area contributed by atoms with Crippen LogP contribution in [-0.4, -0.2) is 43.6 Å². The number of carbonyl (C=O) groups excluding carboxylic acids is 1. The van der Waals surface area contributed by atoms with Crippen LogP contribution in [0.15, 0.2) is 59.4 Å². The quantitative estimate of drug-likeness (QED) is 0.438. The fraction of sp³-hybridized carbons (Fsp3) is 0.385. The summed E-state index contributed by atoms with van der Waals surface area (Å²) in [6, 6.07) is 16.4. The van der Waals surface area contributed by atoms with Crippen LogP contribution >= 0.6 is 0 Å². The number of amides is 1. The Hall–Kier alpha value is -3.48. The minimum absolute atomic E-state index is 0.140. The average Bonchev–Trinajstić information content (AvgIpc) is 3.35. The van der Waals surface area contributed by atoms with E-state index in [2.05, 4.69) is 39.0 Å². The standard InChI is InChI=1S/C26H27N5O2/c32-23(30-14-5-2-6-15-30)11-16-31-18-27-21-17-19(9-10-22(21)31)24-28-25(33-29-24)26(12-13-26)20-7-3-1-4-8-20/h1,3-4,7-10,17-18H,2,5-6,11-16H2. The maximum absolute atomic E-state index is 12.5. The lowest BCUT2D eigenvalue weighted by molar-refractivity contribution is -0.132. The Balaban J connectivity index is 1.19. The lowest BCUT2D eigenvalue weighted by Gasteiger charge is -2.26. The number of imidazole rings is 1. The van der Waals surface area contributed by atoms with E-state index >= 15 is 0 Å². The van der Waals surface area contributed by atoms with Gasteiger partial charge in [0.25, 0.3) is 0 Å². The summed E-state index contributed by atoms with van der Waals surface area (Å²) in [5.74, 6) is 1.51. The fourth-order valence-corrected chi connectivity index (χ4v) is 4.94. The Morgan fingerprint density at radius 3 is 2.64 bits per heavy atom. The summed E-state index contributed by atoms with van der Waals surface area (Å²) in [7, 11) is 0. The van der Waals surface area contributed by atoms with Crippen molar-refractivity contribution in [1.29, 1.82) is 0 Å². The van der Waals surface area contributed by atoms with Crippen LogP contribution in [0.3, 0.4) is 0 Å². The first-order valence-corrected chi connectivity index (χ1v) is 11.9. The van der Waals surface area contributed by atoms with Crippen LogP contribution in [0.1, 0.15) is 50.0 Å². The lowest BCUT2D eigenvalue weighted by atomic mass is 9.96. The molecule has 6 rings (SSSR count). The number of rotatable bonds is 6. The van der Waals surface area contributed by atoms with Crippen LogP contribution in [0.4, 0.5) is 0 Å². The number of likely N-dealkylation sites (tertiary alicyclic amines) is 1. The molecule has 1 aliphatic carbocycles. The predicted molar refractivity (Wildman–Crippen MR) is 125 cm³/mol. The molecule has 4 aromatic rings. The molecule has 7 nitrogen and oxygen atoms in total. The van der Waals surface area contributed by atoms with Crippen molar-refractivity contribution in [1.82, 2.24) is 24.6 Å². The Labute approximate surface area is 192 Å². The molecule has 0 radical (unpaired) electrons. The van der Waals surface area contributed by atoms with E-state index in [1.807, 2.05) is 35.5 Å². The summed E-state index contributed by atoms with van der Waals surface area (Å²) >= 11 is 0. The average molecular weight is 442 g/mol. The third kappa shape index (κ3) is 3.71. The molecular formula is C26H27N5O2. The number of fused-ring (bicyclic) bond motifs is 1. The van der Waals surface area contributed by atoms with Gasteiger partial charge in [-0.15, -0.1) is 0 Å². The molecule has 1 amide bonds. The zero-order valence-corrected chi connectivity index (χ0v) is 18.6. The van der Waals surface area contributed by atoms with Crippen molar-refractivity contribution in [3.05, 3.63) is 66.3 Å². The summed E-state index contributed by atoms with van der Waals surface area (Å²) in [5.41, 5.74) is 3.86. The smallest absolute Gasteiger partial charge is 0.237 e. The van der Waals surface area contributed by atoms with E-state index in [0.29, 0.717) is 24.7 Å². The third-order valence-corrected chi connectivity index (χ3v) is 7.07. The highest BCUT2D eigenvalue weighted by Crippen LogP contribution is 2.52.